The highest BCUT2D eigenvalue weighted by Crippen LogP contribution is 2.24. The van der Waals surface area contributed by atoms with Gasteiger partial charge >= 0.3 is 0 Å². The van der Waals surface area contributed by atoms with Gasteiger partial charge in [0.1, 0.15) is 0 Å². The second-order valence-electron chi connectivity index (χ2n) is 3.82. The maximum absolute atomic E-state index is 5.78. The van der Waals surface area contributed by atoms with Crippen LogP contribution in [-0.2, 0) is 0 Å². The molecule has 0 aliphatic carbocycles. The normalized spacial score (nSPS) is 11.0. The van der Waals surface area contributed by atoms with Crippen LogP contribution in [0.4, 0.5) is 0 Å². The van der Waals surface area contributed by atoms with Gasteiger partial charge in [-0.3, -0.25) is 4.68 Å². The standard InChI is InChI=1S/C11H17ClN2/c1-7(2)14-10(5)11(8(3)6-12)9(4)13-14/h7H,3,6H2,1-2,4-5H3. The number of rotatable bonds is 3. The molecule has 0 amide bonds. The van der Waals surface area contributed by atoms with Crippen LogP contribution in [0, 0.1) is 13.8 Å². The molecule has 0 aliphatic heterocycles. The highest BCUT2D eigenvalue weighted by molar-refractivity contribution is 6.23. The van der Waals surface area contributed by atoms with E-state index in [0.717, 1.165) is 22.5 Å². The van der Waals surface area contributed by atoms with E-state index in [2.05, 4.69) is 32.4 Å². The van der Waals surface area contributed by atoms with Gasteiger partial charge in [0.15, 0.2) is 0 Å². The summed E-state index contributed by atoms with van der Waals surface area (Å²) in [6.07, 6.45) is 0. The lowest BCUT2D eigenvalue weighted by Crippen LogP contribution is -2.05. The second-order valence-corrected chi connectivity index (χ2v) is 4.09. The van der Waals surface area contributed by atoms with Crippen molar-refractivity contribution < 1.29 is 0 Å². The highest BCUT2D eigenvalue weighted by Gasteiger charge is 2.14. The largest absolute Gasteiger partial charge is 0.266 e. The van der Waals surface area contributed by atoms with Crippen molar-refractivity contribution in [1.82, 2.24) is 9.78 Å². The van der Waals surface area contributed by atoms with Gasteiger partial charge < -0.3 is 0 Å². The van der Waals surface area contributed by atoms with Crippen molar-refractivity contribution in [2.45, 2.75) is 33.7 Å². The fraction of sp³-hybridized carbons (Fsp3) is 0.545. The molecule has 0 fully saturated rings. The quantitative estimate of drug-likeness (QED) is 0.703. The molecule has 0 bridgehead atoms. The smallest absolute Gasteiger partial charge is 0.0671 e. The van der Waals surface area contributed by atoms with Crippen molar-refractivity contribution in [1.29, 1.82) is 0 Å². The van der Waals surface area contributed by atoms with Crippen molar-refractivity contribution in [3.8, 4) is 0 Å². The first kappa shape index (κ1) is 11.3. The van der Waals surface area contributed by atoms with Crippen molar-refractivity contribution in [2.24, 2.45) is 0 Å². The molecule has 0 aromatic carbocycles. The average Bonchev–Trinajstić information content (AvgIpc) is 2.41. The number of aryl methyl sites for hydroxylation is 1. The molecule has 0 radical (unpaired) electrons. The SMILES string of the molecule is C=C(CCl)c1c(C)nn(C(C)C)c1C. The number of halogens is 1. The number of nitrogens with zero attached hydrogens (tertiary/aromatic N) is 2. The Hall–Kier alpha value is -0.760. The third kappa shape index (κ3) is 1.85. The van der Waals surface area contributed by atoms with Crippen LogP contribution in [0.5, 0.6) is 0 Å². The van der Waals surface area contributed by atoms with Gasteiger partial charge in [0.05, 0.1) is 5.69 Å². The Labute approximate surface area is 90.6 Å². The molecule has 1 aromatic rings. The highest BCUT2D eigenvalue weighted by atomic mass is 35.5. The van der Waals surface area contributed by atoms with E-state index >= 15 is 0 Å². The Morgan fingerprint density at radius 3 is 2.43 bits per heavy atom. The van der Waals surface area contributed by atoms with Crippen molar-refractivity contribution in [3.63, 3.8) is 0 Å². The van der Waals surface area contributed by atoms with E-state index in [1.54, 1.807) is 0 Å². The molecule has 0 unspecified atom stereocenters. The molecule has 0 saturated carbocycles. The summed E-state index contributed by atoms with van der Waals surface area (Å²) in [4.78, 5) is 0. The van der Waals surface area contributed by atoms with Gasteiger partial charge in [0, 0.05) is 23.2 Å². The molecular formula is C11H17ClN2. The molecule has 14 heavy (non-hydrogen) atoms. The Kier molecular flexibility index (Phi) is 3.38. The van der Waals surface area contributed by atoms with E-state index in [0.29, 0.717) is 11.9 Å². The lowest BCUT2D eigenvalue weighted by atomic mass is 10.1. The van der Waals surface area contributed by atoms with Crippen LogP contribution < -0.4 is 0 Å². The molecule has 78 valence electrons. The summed E-state index contributed by atoms with van der Waals surface area (Å²) in [5.74, 6) is 0.464. The minimum Gasteiger partial charge on any atom is -0.266 e. The zero-order valence-electron chi connectivity index (χ0n) is 9.26. The molecule has 1 rings (SSSR count). The number of hydrogen-bond donors (Lipinski definition) is 0. The van der Waals surface area contributed by atoms with Gasteiger partial charge in [0.25, 0.3) is 0 Å². The minimum absolute atomic E-state index is 0.380. The summed E-state index contributed by atoms with van der Waals surface area (Å²) in [6.45, 7) is 12.2. The van der Waals surface area contributed by atoms with Crippen LogP contribution in [0.1, 0.15) is 36.8 Å². The Morgan fingerprint density at radius 2 is 2.07 bits per heavy atom. The minimum atomic E-state index is 0.380. The number of hydrogen-bond acceptors (Lipinski definition) is 1. The third-order valence-corrected chi connectivity index (χ3v) is 2.65. The fourth-order valence-electron chi connectivity index (χ4n) is 1.74. The van der Waals surface area contributed by atoms with Gasteiger partial charge in [-0.05, 0) is 33.3 Å². The first-order valence-electron chi connectivity index (χ1n) is 4.78. The van der Waals surface area contributed by atoms with Crippen LogP contribution in [0.15, 0.2) is 6.58 Å². The van der Waals surface area contributed by atoms with Crippen molar-refractivity contribution in [3.05, 3.63) is 23.5 Å². The Morgan fingerprint density at radius 1 is 1.50 bits per heavy atom. The van der Waals surface area contributed by atoms with Gasteiger partial charge in [0.2, 0.25) is 0 Å². The Balaban J connectivity index is 3.24. The van der Waals surface area contributed by atoms with E-state index in [1.807, 2.05) is 11.6 Å². The van der Waals surface area contributed by atoms with Gasteiger partial charge in [-0.1, -0.05) is 6.58 Å². The van der Waals surface area contributed by atoms with E-state index in [-0.39, 0.29) is 0 Å². The third-order valence-electron chi connectivity index (χ3n) is 2.33. The van der Waals surface area contributed by atoms with Crippen LogP contribution in [0.25, 0.3) is 5.57 Å². The van der Waals surface area contributed by atoms with Crippen LogP contribution in [-0.4, -0.2) is 15.7 Å². The summed E-state index contributed by atoms with van der Waals surface area (Å²) in [5.41, 5.74) is 4.24. The van der Waals surface area contributed by atoms with E-state index in [9.17, 15) is 0 Å². The molecule has 0 spiro atoms. The number of alkyl halides is 1. The van der Waals surface area contributed by atoms with Crippen LogP contribution in [0.3, 0.4) is 0 Å². The summed E-state index contributed by atoms with van der Waals surface area (Å²) in [6, 6.07) is 0.380. The summed E-state index contributed by atoms with van der Waals surface area (Å²) >= 11 is 5.78. The zero-order valence-corrected chi connectivity index (χ0v) is 10.0. The van der Waals surface area contributed by atoms with Gasteiger partial charge in [-0.25, -0.2) is 0 Å². The lowest BCUT2D eigenvalue weighted by molar-refractivity contribution is 0.516. The van der Waals surface area contributed by atoms with Crippen LogP contribution >= 0.6 is 11.6 Å². The van der Waals surface area contributed by atoms with E-state index in [1.165, 1.54) is 0 Å². The van der Waals surface area contributed by atoms with Gasteiger partial charge in [-0.2, -0.15) is 5.10 Å². The molecule has 0 N–H and O–H groups in total. The monoisotopic (exact) mass is 212 g/mol. The molecule has 0 saturated heterocycles. The molecule has 3 heteroatoms. The van der Waals surface area contributed by atoms with Crippen LogP contribution in [0.2, 0.25) is 0 Å². The first-order valence-corrected chi connectivity index (χ1v) is 5.32. The molecule has 1 aromatic heterocycles. The first-order chi connectivity index (χ1) is 6.49. The van der Waals surface area contributed by atoms with Crippen molar-refractivity contribution in [2.75, 3.05) is 5.88 Å². The number of aromatic nitrogens is 2. The van der Waals surface area contributed by atoms with E-state index in [4.69, 9.17) is 11.6 Å². The average molecular weight is 213 g/mol. The molecule has 0 aliphatic rings. The summed E-state index contributed by atoms with van der Waals surface area (Å²) in [7, 11) is 0. The Bertz CT molecular complexity index is 350. The van der Waals surface area contributed by atoms with E-state index < -0.39 is 0 Å². The number of allylic oxidation sites excluding steroid dienone is 1. The molecule has 1 heterocycles. The van der Waals surface area contributed by atoms with Gasteiger partial charge in [-0.15, -0.1) is 11.6 Å². The molecular weight excluding hydrogens is 196 g/mol. The zero-order chi connectivity index (χ0) is 10.9. The maximum atomic E-state index is 5.78. The molecule has 2 nitrogen and oxygen atoms in total. The topological polar surface area (TPSA) is 17.8 Å². The molecule has 0 atom stereocenters. The predicted molar refractivity (Wildman–Crippen MR) is 61.8 cm³/mol. The fourth-order valence-corrected chi connectivity index (χ4v) is 1.88. The second kappa shape index (κ2) is 4.18. The lowest BCUT2D eigenvalue weighted by Gasteiger charge is -2.08. The predicted octanol–water partition coefficient (Wildman–Crippen LogP) is 3.33. The maximum Gasteiger partial charge on any atom is 0.0671 e. The summed E-state index contributed by atoms with van der Waals surface area (Å²) in [5, 5.41) is 4.48. The van der Waals surface area contributed by atoms with Crippen molar-refractivity contribution >= 4 is 17.2 Å². The summed E-state index contributed by atoms with van der Waals surface area (Å²) < 4.78 is 2.02.